The Bertz CT molecular complexity index is 535. The summed E-state index contributed by atoms with van der Waals surface area (Å²) in [5.74, 6) is 3.63. The van der Waals surface area contributed by atoms with Gasteiger partial charge in [0.05, 0.1) is 6.61 Å². The molecule has 0 N–H and O–H groups in total. The number of terminal acetylenes is 1. The summed E-state index contributed by atoms with van der Waals surface area (Å²) >= 11 is 0. The number of piperidine rings is 1. The Balaban J connectivity index is 1.79. The minimum atomic E-state index is 0.0323. The summed E-state index contributed by atoms with van der Waals surface area (Å²) in [5, 5.41) is 0. The van der Waals surface area contributed by atoms with E-state index in [4.69, 9.17) is 15.9 Å². The van der Waals surface area contributed by atoms with E-state index < -0.39 is 0 Å². The fraction of sp³-hybridized carbons (Fsp3) is 0.500. The second-order valence-corrected chi connectivity index (χ2v) is 5.62. The van der Waals surface area contributed by atoms with Crippen LogP contribution in [0.25, 0.3) is 0 Å². The van der Waals surface area contributed by atoms with Crippen LogP contribution in [0.2, 0.25) is 0 Å². The van der Waals surface area contributed by atoms with Crippen LogP contribution in [-0.4, -0.2) is 43.7 Å². The Kier molecular flexibility index (Phi) is 6.29. The van der Waals surface area contributed by atoms with Crippen LogP contribution < -0.4 is 4.74 Å². The summed E-state index contributed by atoms with van der Waals surface area (Å²) in [6.45, 7) is 4.53. The molecule has 2 rings (SSSR count). The predicted molar refractivity (Wildman–Crippen MR) is 85.6 cm³/mol. The van der Waals surface area contributed by atoms with Crippen LogP contribution in [0.1, 0.15) is 18.4 Å². The number of amides is 1. The van der Waals surface area contributed by atoms with Gasteiger partial charge in [0.25, 0.3) is 5.91 Å². The molecule has 4 nitrogen and oxygen atoms in total. The topological polar surface area (TPSA) is 38.8 Å². The molecule has 1 unspecified atom stereocenters. The molecule has 1 aliphatic rings. The highest BCUT2D eigenvalue weighted by Crippen LogP contribution is 2.19. The van der Waals surface area contributed by atoms with Gasteiger partial charge in [-0.15, -0.1) is 6.42 Å². The Morgan fingerprint density at radius 1 is 1.45 bits per heavy atom. The molecule has 0 aromatic heterocycles. The Morgan fingerprint density at radius 2 is 2.27 bits per heavy atom. The van der Waals surface area contributed by atoms with Crippen LogP contribution in [-0.2, 0) is 9.53 Å². The van der Waals surface area contributed by atoms with Gasteiger partial charge in [-0.05, 0) is 37.3 Å². The van der Waals surface area contributed by atoms with E-state index in [1.807, 2.05) is 36.1 Å². The van der Waals surface area contributed by atoms with E-state index in [1.165, 1.54) is 0 Å². The number of nitrogens with zero attached hydrogens (tertiary/aromatic N) is 1. The minimum absolute atomic E-state index is 0.0323. The molecule has 1 aromatic rings. The monoisotopic (exact) mass is 301 g/mol. The fourth-order valence-corrected chi connectivity index (χ4v) is 2.66. The first kappa shape index (κ1) is 16.4. The van der Waals surface area contributed by atoms with Gasteiger partial charge in [-0.1, -0.05) is 24.1 Å². The zero-order valence-corrected chi connectivity index (χ0v) is 13.1. The van der Waals surface area contributed by atoms with Crippen molar-refractivity contribution in [3.8, 4) is 18.1 Å². The number of hydrogen-bond acceptors (Lipinski definition) is 3. The van der Waals surface area contributed by atoms with E-state index in [-0.39, 0.29) is 12.5 Å². The van der Waals surface area contributed by atoms with Gasteiger partial charge in [0.2, 0.25) is 0 Å². The van der Waals surface area contributed by atoms with Gasteiger partial charge < -0.3 is 14.4 Å². The molecule has 1 fully saturated rings. The van der Waals surface area contributed by atoms with Crippen molar-refractivity contribution in [2.75, 3.05) is 32.9 Å². The lowest BCUT2D eigenvalue weighted by Crippen LogP contribution is -2.43. The van der Waals surface area contributed by atoms with Crippen molar-refractivity contribution in [3.05, 3.63) is 29.8 Å². The van der Waals surface area contributed by atoms with Gasteiger partial charge in [-0.2, -0.15) is 0 Å². The second-order valence-electron chi connectivity index (χ2n) is 5.62. The number of carbonyl (C=O) groups excluding carboxylic acids is 1. The lowest BCUT2D eigenvalue weighted by atomic mass is 9.99. The van der Waals surface area contributed by atoms with E-state index in [9.17, 15) is 4.79 Å². The molecule has 0 spiro atoms. The maximum atomic E-state index is 12.3. The molecular weight excluding hydrogens is 278 g/mol. The highest BCUT2D eigenvalue weighted by atomic mass is 16.5. The Morgan fingerprint density at radius 3 is 3.05 bits per heavy atom. The van der Waals surface area contributed by atoms with Crippen LogP contribution in [0.5, 0.6) is 5.75 Å². The summed E-state index contributed by atoms with van der Waals surface area (Å²) in [5.41, 5.74) is 1.04. The molecule has 22 heavy (non-hydrogen) atoms. The third kappa shape index (κ3) is 4.78. The lowest BCUT2D eigenvalue weighted by Gasteiger charge is -2.32. The van der Waals surface area contributed by atoms with Crippen molar-refractivity contribution in [2.24, 2.45) is 5.92 Å². The average Bonchev–Trinajstić information content (AvgIpc) is 2.54. The third-order valence-electron chi connectivity index (χ3n) is 3.86. The maximum Gasteiger partial charge on any atom is 0.260 e. The SMILES string of the molecule is C#CCOCC1CCCN(C(=O)COc2ccccc2C)C1. The van der Waals surface area contributed by atoms with E-state index in [1.54, 1.807) is 0 Å². The number of carbonyl (C=O) groups is 1. The highest BCUT2D eigenvalue weighted by molar-refractivity contribution is 5.77. The van der Waals surface area contributed by atoms with Gasteiger partial charge in [0.1, 0.15) is 12.4 Å². The van der Waals surface area contributed by atoms with E-state index in [2.05, 4.69) is 5.92 Å². The summed E-state index contributed by atoms with van der Waals surface area (Å²) < 4.78 is 11.0. The number of para-hydroxylation sites is 1. The van der Waals surface area contributed by atoms with Gasteiger partial charge in [0, 0.05) is 13.1 Å². The largest absolute Gasteiger partial charge is 0.484 e. The third-order valence-corrected chi connectivity index (χ3v) is 3.86. The summed E-state index contributed by atoms with van der Waals surface area (Å²) in [6.07, 6.45) is 7.25. The zero-order chi connectivity index (χ0) is 15.8. The van der Waals surface area contributed by atoms with Crippen molar-refractivity contribution in [3.63, 3.8) is 0 Å². The van der Waals surface area contributed by atoms with Crippen molar-refractivity contribution in [2.45, 2.75) is 19.8 Å². The normalized spacial score (nSPS) is 17.8. The van der Waals surface area contributed by atoms with Crippen LogP contribution in [0.15, 0.2) is 24.3 Å². The van der Waals surface area contributed by atoms with Gasteiger partial charge >= 0.3 is 0 Å². The fourth-order valence-electron chi connectivity index (χ4n) is 2.66. The predicted octanol–water partition coefficient (Wildman–Crippen LogP) is 2.26. The molecule has 118 valence electrons. The molecule has 0 radical (unpaired) electrons. The first-order valence-corrected chi connectivity index (χ1v) is 7.68. The molecule has 4 heteroatoms. The number of aryl methyl sites for hydroxylation is 1. The number of hydrogen-bond donors (Lipinski definition) is 0. The van der Waals surface area contributed by atoms with Crippen LogP contribution >= 0.6 is 0 Å². The van der Waals surface area contributed by atoms with Gasteiger partial charge in [-0.25, -0.2) is 0 Å². The smallest absolute Gasteiger partial charge is 0.260 e. The molecule has 0 bridgehead atoms. The summed E-state index contributed by atoms with van der Waals surface area (Å²) in [6, 6.07) is 7.72. The summed E-state index contributed by atoms with van der Waals surface area (Å²) in [7, 11) is 0. The molecule has 1 atom stereocenters. The van der Waals surface area contributed by atoms with E-state index in [0.29, 0.717) is 19.1 Å². The molecule has 0 saturated carbocycles. The van der Waals surface area contributed by atoms with Gasteiger partial charge in [-0.3, -0.25) is 4.79 Å². The lowest BCUT2D eigenvalue weighted by molar-refractivity contribution is -0.135. The minimum Gasteiger partial charge on any atom is -0.484 e. The van der Waals surface area contributed by atoms with Gasteiger partial charge in [0.15, 0.2) is 6.61 Å². The Labute approximate surface area is 132 Å². The Hall–Kier alpha value is -1.99. The molecular formula is C18H23NO3. The van der Waals surface area contributed by atoms with Crippen LogP contribution in [0.4, 0.5) is 0 Å². The van der Waals surface area contributed by atoms with Crippen LogP contribution in [0.3, 0.4) is 0 Å². The first-order valence-electron chi connectivity index (χ1n) is 7.68. The number of rotatable bonds is 6. The number of ether oxygens (including phenoxy) is 2. The molecule has 1 aromatic carbocycles. The standard InChI is InChI=1S/C18H23NO3/c1-3-11-21-13-16-8-6-10-19(12-16)18(20)14-22-17-9-5-4-7-15(17)2/h1,4-5,7,9,16H,6,8,10-14H2,2H3. The average molecular weight is 301 g/mol. The van der Waals surface area contributed by atoms with Crippen molar-refractivity contribution in [1.29, 1.82) is 0 Å². The van der Waals surface area contributed by atoms with E-state index in [0.717, 1.165) is 37.2 Å². The molecule has 1 heterocycles. The first-order chi connectivity index (χ1) is 10.7. The van der Waals surface area contributed by atoms with Crippen molar-refractivity contribution >= 4 is 5.91 Å². The van der Waals surface area contributed by atoms with Crippen molar-refractivity contribution < 1.29 is 14.3 Å². The molecule has 1 amide bonds. The molecule has 1 saturated heterocycles. The van der Waals surface area contributed by atoms with E-state index >= 15 is 0 Å². The quantitative estimate of drug-likeness (QED) is 0.597. The highest BCUT2D eigenvalue weighted by Gasteiger charge is 2.24. The van der Waals surface area contributed by atoms with Crippen LogP contribution in [0, 0.1) is 25.2 Å². The van der Waals surface area contributed by atoms with Crippen molar-refractivity contribution in [1.82, 2.24) is 4.90 Å². The second kappa shape index (κ2) is 8.45. The number of benzene rings is 1. The summed E-state index contributed by atoms with van der Waals surface area (Å²) in [4.78, 5) is 14.2. The molecule has 0 aliphatic carbocycles. The zero-order valence-electron chi connectivity index (χ0n) is 13.1. The molecule has 1 aliphatic heterocycles. The number of likely N-dealkylation sites (tertiary alicyclic amines) is 1. The maximum absolute atomic E-state index is 12.3.